The SMILES string of the molecule is CC1Oc2c(C(=O)NCc3ccc(N4CCCC4=O)cc3)cccc2C1C. The maximum absolute atomic E-state index is 12.7. The molecule has 2 aromatic carbocycles. The number of nitrogens with zero attached hydrogens (tertiary/aromatic N) is 1. The number of benzene rings is 2. The average Bonchev–Trinajstić information content (AvgIpc) is 3.23. The molecule has 140 valence electrons. The number of carbonyl (C=O) groups is 2. The molecule has 1 N–H and O–H groups in total. The molecule has 2 amide bonds. The Morgan fingerprint density at radius 2 is 1.96 bits per heavy atom. The van der Waals surface area contributed by atoms with Crippen molar-refractivity contribution in [1.82, 2.24) is 5.32 Å². The van der Waals surface area contributed by atoms with E-state index >= 15 is 0 Å². The summed E-state index contributed by atoms with van der Waals surface area (Å²) in [5.41, 5.74) is 3.59. The van der Waals surface area contributed by atoms with Crippen LogP contribution < -0.4 is 15.0 Å². The molecule has 2 aromatic rings. The summed E-state index contributed by atoms with van der Waals surface area (Å²) in [6.45, 7) is 5.36. The molecular weight excluding hydrogens is 340 g/mol. The highest BCUT2D eigenvalue weighted by molar-refractivity contribution is 5.97. The van der Waals surface area contributed by atoms with Gasteiger partial charge in [0.2, 0.25) is 5.91 Å². The van der Waals surface area contributed by atoms with Crippen molar-refractivity contribution in [2.45, 2.75) is 45.3 Å². The van der Waals surface area contributed by atoms with Crippen LogP contribution >= 0.6 is 0 Å². The molecule has 0 aliphatic carbocycles. The molecule has 1 fully saturated rings. The van der Waals surface area contributed by atoms with E-state index in [1.165, 1.54) is 0 Å². The molecule has 0 spiro atoms. The molecular formula is C22H24N2O3. The third kappa shape index (κ3) is 3.29. The second-order valence-corrected chi connectivity index (χ2v) is 7.33. The van der Waals surface area contributed by atoms with Crippen LogP contribution in [0.3, 0.4) is 0 Å². The van der Waals surface area contributed by atoms with Crippen LogP contribution in [0.5, 0.6) is 5.75 Å². The first-order chi connectivity index (χ1) is 13.0. The van der Waals surface area contributed by atoms with Gasteiger partial charge >= 0.3 is 0 Å². The second-order valence-electron chi connectivity index (χ2n) is 7.33. The van der Waals surface area contributed by atoms with Gasteiger partial charge < -0.3 is 15.0 Å². The van der Waals surface area contributed by atoms with Gasteiger partial charge in [-0.2, -0.15) is 0 Å². The van der Waals surface area contributed by atoms with Gasteiger partial charge in [0.15, 0.2) is 0 Å². The first-order valence-electron chi connectivity index (χ1n) is 9.51. The van der Waals surface area contributed by atoms with Gasteiger partial charge in [0.25, 0.3) is 5.91 Å². The van der Waals surface area contributed by atoms with Crippen LogP contribution in [0.2, 0.25) is 0 Å². The molecule has 4 rings (SSSR count). The second kappa shape index (κ2) is 7.06. The summed E-state index contributed by atoms with van der Waals surface area (Å²) < 4.78 is 5.91. The number of hydrogen-bond acceptors (Lipinski definition) is 3. The van der Waals surface area contributed by atoms with Crippen LogP contribution in [0.1, 0.15) is 54.1 Å². The van der Waals surface area contributed by atoms with Crippen molar-refractivity contribution in [1.29, 1.82) is 0 Å². The summed E-state index contributed by atoms with van der Waals surface area (Å²) >= 11 is 0. The lowest BCUT2D eigenvalue weighted by molar-refractivity contribution is -0.117. The lowest BCUT2D eigenvalue weighted by Gasteiger charge is -2.16. The zero-order valence-corrected chi connectivity index (χ0v) is 15.7. The highest BCUT2D eigenvalue weighted by atomic mass is 16.5. The standard InChI is InChI=1S/C22H24N2O3/c1-14-15(2)27-21-18(14)5-3-6-19(21)22(26)23-13-16-8-10-17(11-9-16)24-12-4-7-20(24)25/h3,5-6,8-11,14-15H,4,7,12-13H2,1-2H3,(H,23,26). The average molecular weight is 364 g/mol. The van der Waals surface area contributed by atoms with Crippen molar-refractivity contribution in [3.05, 3.63) is 59.2 Å². The Hall–Kier alpha value is -2.82. The van der Waals surface area contributed by atoms with E-state index in [1.807, 2.05) is 48.2 Å². The highest BCUT2D eigenvalue weighted by Crippen LogP contribution is 2.40. The van der Waals surface area contributed by atoms with Gasteiger partial charge in [0.05, 0.1) is 5.56 Å². The van der Waals surface area contributed by atoms with Crippen molar-refractivity contribution in [3.8, 4) is 5.75 Å². The van der Waals surface area contributed by atoms with E-state index in [0.717, 1.165) is 29.8 Å². The molecule has 2 atom stereocenters. The van der Waals surface area contributed by atoms with Crippen molar-refractivity contribution in [3.63, 3.8) is 0 Å². The van der Waals surface area contributed by atoms with Crippen LogP contribution in [0.25, 0.3) is 0 Å². The van der Waals surface area contributed by atoms with E-state index in [1.54, 1.807) is 6.07 Å². The molecule has 2 heterocycles. The van der Waals surface area contributed by atoms with Gasteiger partial charge in [-0.1, -0.05) is 31.2 Å². The van der Waals surface area contributed by atoms with Crippen LogP contribution in [0, 0.1) is 0 Å². The van der Waals surface area contributed by atoms with Crippen molar-refractivity contribution < 1.29 is 14.3 Å². The lowest BCUT2D eigenvalue weighted by Crippen LogP contribution is -2.24. The summed E-state index contributed by atoms with van der Waals surface area (Å²) in [6, 6.07) is 13.5. The number of nitrogens with one attached hydrogen (secondary N) is 1. The van der Waals surface area contributed by atoms with E-state index < -0.39 is 0 Å². The Bertz CT molecular complexity index is 876. The van der Waals surface area contributed by atoms with Crippen molar-refractivity contribution >= 4 is 17.5 Å². The number of amides is 2. The monoisotopic (exact) mass is 364 g/mol. The van der Waals surface area contributed by atoms with Gasteiger partial charge in [-0.25, -0.2) is 0 Å². The van der Waals surface area contributed by atoms with Crippen molar-refractivity contribution in [2.24, 2.45) is 0 Å². The number of hydrogen-bond donors (Lipinski definition) is 1. The number of rotatable bonds is 4. The van der Waals surface area contributed by atoms with E-state index in [4.69, 9.17) is 4.74 Å². The van der Waals surface area contributed by atoms with E-state index in [9.17, 15) is 9.59 Å². The third-order valence-electron chi connectivity index (χ3n) is 5.56. The minimum Gasteiger partial charge on any atom is -0.489 e. The maximum atomic E-state index is 12.7. The zero-order chi connectivity index (χ0) is 19.0. The molecule has 0 bridgehead atoms. The minimum absolute atomic E-state index is 0.0785. The fraction of sp³-hybridized carbons (Fsp3) is 0.364. The topological polar surface area (TPSA) is 58.6 Å². The van der Waals surface area contributed by atoms with Crippen molar-refractivity contribution in [2.75, 3.05) is 11.4 Å². The Kier molecular flexibility index (Phi) is 4.60. The normalized spacial score (nSPS) is 21.1. The summed E-state index contributed by atoms with van der Waals surface area (Å²) in [6.07, 6.45) is 1.62. The lowest BCUT2D eigenvalue weighted by atomic mass is 9.97. The Labute approximate surface area is 159 Å². The highest BCUT2D eigenvalue weighted by Gasteiger charge is 2.31. The fourth-order valence-electron chi connectivity index (χ4n) is 3.76. The van der Waals surface area contributed by atoms with E-state index in [2.05, 4.69) is 12.2 Å². The first-order valence-corrected chi connectivity index (χ1v) is 9.51. The van der Waals surface area contributed by atoms with Gasteiger partial charge in [-0.05, 0) is 37.1 Å². The smallest absolute Gasteiger partial charge is 0.255 e. The molecule has 5 nitrogen and oxygen atoms in total. The Balaban J connectivity index is 1.42. The Morgan fingerprint density at radius 1 is 1.19 bits per heavy atom. The molecule has 0 radical (unpaired) electrons. The zero-order valence-electron chi connectivity index (χ0n) is 15.7. The number of anilines is 1. The minimum atomic E-state index is -0.132. The van der Waals surface area contributed by atoms with Crippen LogP contribution in [0.4, 0.5) is 5.69 Å². The predicted molar refractivity (Wildman–Crippen MR) is 104 cm³/mol. The number of carbonyl (C=O) groups excluding carboxylic acids is 2. The summed E-state index contributed by atoms with van der Waals surface area (Å²) in [7, 11) is 0. The van der Waals surface area contributed by atoms with E-state index in [0.29, 0.717) is 24.3 Å². The van der Waals surface area contributed by atoms with Crippen LogP contribution in [-0.4, -0.2) is 24.5 Å². The molecule has 2 unspecified atom stereocenters. The molecule has 2 aliphatic rings. The quantitative estimate of drug-likeness (QED) is 0.901. The number of ether oxygens (including phenoxy) is 1. The van der Waals surface area contributed by atoms with Gasteiger partial charge in [0.1, 0.15) is 11.9 Å². The van der Waals surface area contributed by atoms with Crippen LogP contribution in [-0.2, 0) is 11.3 Å². The molecule has 2 aliphatic heterocycles. The first kappa shape index (κ1) is 17.6. The van der Waals surface area contributed by atoms with Gasteiger partial charge in [-0.3, -0.25) is 9.59 Å². The molecule has 5 heteroatoms. The summed E-state index contributed by atoms with van der Waals surface area (Å²) in [5.74, 6) is 1.04. The summed E-state index contributed by atoms with van der Waals surface area (Å²) in [5, 5.41) is 2.97. The number of para-hydroxylation sites is 1. The molecule has 0 saturated carbocycles. The van der Waals surface area contributed by atoms with Crippen LogP contribution in [0.15, 0.2) is 42.5 Å². The largest absolute Gasteiger partial charge is 0.489 e. The third-order valence-corrected chi connectivity index (χ3v) is 5.56. The maximum Gasteiger partial charge on any atom is 0.255 e. The Morgan fingerprint density at radius 3 is 2.67 bits per heavy atom. The van der Waals surface area contributed by atoms with E-state index in [-0.39, 0.29) is 23.8 Å². The molecule has 1 saturated heterocycles. The summed E-state index contributed by atoms with van der Waals surface area (Å²) in [4.78, 5) is 26.3. The molecule has 0 aromatic heterocycles. The van der Waals surface area contributed by atoms with Gasteiger partial charge in [0, 0.05) is 36.7 Å². The predicted octanol–water partition coefficient (Wildman–Crippen LogP) is 3.63. The van der Waals surface area contributed by atoms with Gasteiger partial charge in [-0.15, -0.1) is 0 Å². The number of fused-ring (bicyclic) bond motifs is 1. The fourth-order valence-corrected chi connectivity index (χ4v) is 3.76. The molecule has 27 heavy (non-hydrogen) atoms.